The molecule has 0 aromatic carbocycles. The van der Waals surface area contributed by atoms with Crippen molar-refractivity contribution in [2.75, 3.05) is 0 Å². The molecular weight excluding hydrogens is 231 g/mol. The third-order valence-electron chi connectivity index (χ3n) is 0. The second kappa shape index (κ2) is 20.8. The van der Waals surface area contributed by atoms with E-state index in [9.17, 15) is 0 Å². The van der Waals surface area contributed by atoms with Gasteiger partial charge < -0.3 is 0 Å². The average Bonchev–Trinajstić information content (AvgIpc) is 1.50. The maximum absolute atomic E-state index is 4.25. The van der Waals surface area contributed by atoms with Crippen LogP contribution in [-0.4, -0.2) is 0 Å². The van der Waals surface area contributed by atoms with E-state index in [1.165, 1.54) is 0 Å². The molecule has 0 saturated heterocycles. The quantitative estimate of drug-likeness (QED) is 0.576. The first kappa shape index (κ1) is 9.30. The molecule has 0 fully saturated rings. The molecule has 0 rings (SSSR count). The molecule has 4 heavy (non-hydrogen) atoms. The molecule has 0 saturated carbocycles. The standard InChI is InChI=1S/Cd.Mn.2S. The van der Waals surface area contributed by atoms with Crippen molar-refractivity contribution in [1.29, 1.82) is 0 Å². The SMILES string of the molecule is [S]=[Cd].[S]=[Mn]. The van der Waals surface area contributed by atoms with E-state index in [0.29, 0.717) is 0 Å². The van der Waals surface area contributed by atoms with Crippen LogP contribution in [0.25, 0.3) is 0 Å². The molecule has 4 heteroatoms. The monoisotopic (exact) mass is 233 g/mol. The van der Waals surface area contributed by atoms with Crippen molar-refractivity contribution >= 4 is 19.2 Å². The molecule has 0 nitrogen and oxygen atoms in total. The first-order chi connectivity index (χ1) is 2.00. The van der Waals surface area contributed by atoms with Crippen LogP contribution in [-0.2, 0) is 38.1 Å². The summed E-state index contributed by atoms with van der Waals surface area (Å²) in [6.45, 7) is 0. The van der Waals surface area contributed by atoms with E-state index in [0.717, 1.165) is 23.7 Å². The minimum atomic E-state index is 0.733. The van der Waals surface area contributed by atoms with E-state index < -0.39 is 0 Å². The van der Waals surface area contributed by atoms with E-state index in [-0.39, 0.29) is 0 Å². The maximum atomic E-state index is 4.25. The normalized spacial score (nSPS) is 2.50. The Morgan fingerprint density at radius 3 is 1.25 bits per heavy atom. The second-order valence-corrected chi connectivity index (χ2v) is 0. The first-order valence-electron chi connectivity index (χ1n) is 0.443. The molecule has 0 aliphatic rings. The molecule has 0 radical (unpaired) electrons. The van der Waals surface area contributed by atoms with Crippen molar-refractivity contribution in [3.8, 4) is 0 Å². The van der Waals surface area contributed by atoms with E-state index in [1.807, 2.05) is 0 Å². The van der Waals surface area contributed by atoms with Gasteiger partial charge in [-0.25, -0.2) is 0 Å². The number of hydrogen-bond acceptors (Lipinski definition) is 2. The van der Waals surface area contributed by atoms with Gasteiger partial charge in [0.1, 0.15) is 0 Å². The van der Waals surface area contributed by atoms with Crippen LogP contribution in [0.1, 0.15) is 0 Å². The van der Waals surface area contributed by atoms with Crippen molar-refractivity contribution < 1.29 is 38.1 Å². The van der Waals surface area contributed by atoms with Gasteiger partial charge in [-0.2, -0.15) is 0 Å². The van der Waals surface area contributed by atoms with Crippen molar-refractivity contribution in [2.45, 2.75) is 0 Å². The van der Waals surface area contributed by atoms with Crippen molar-refractivity contribution in [1.82, 2.24) is 0 Å². The molecule has 0 atom stereocenters. The molecular formula is CdMnS2. The Hall–Kier alpha value is 1.88. The molecule has 0 aliphatic heterocycles. The van der Waals surface area contributed by atoms with Crippen molar-refractivity contribution in [2.24, 2.45) is 0 Å². The molecule has 0 aromatic heterocycles. The Labute approximate surface area is 56.5 Å². The summed E-state index contributed by atoms with van der Waals surface area (Å²) in [6.07, 6.45) is 0. The van der Waals surface area contributed by atoms with Crippen molar-refractivity contribution in [3.63, 3.8) is 0 Å². The molecule has 0 N–H and O–H groups in total. The van der Waals surface area contributed by atoms with Crippen LogP contribution in [0, 0.1) is 0 Å². The number of rotatable bonds is 0. The molecule has 0 amide bonds. The van der Waals surface area contributed by atoms with Crippen LogP contribution in [0.5, 0.6) is 0 Å². The van der Waals surface area contributed by atoms with Gasteiger partial charge in [0.2, 0.25) is 0 Å². The zero-order valence-corrected chi connectivity index (χ0v) is 8.75. The Morgan fingerprint density at radius 2 is 1.25 bits per heavy atom. The van der Waals surface area contributed by atoms with Crippen LogP contribution in [0.2, 0.25) is 0 Å². The van der Waals surface area contributed by atoms with E-state index in [1.54, 1.807) is 0 Å². The average molecular weight is 231 g/mol. The fourth-order valence-corrected chi connectivity index (χ4v) is 0. The molecule has 0 spiro atoms. The Bertz CT molecular complexity index is 8.00. The van der Waals surface area contributed by atoms with E-state index in [4.69, 9.17) is 0 Å². The Morgan fingerprint density at radius 1 is 1.25 bits per heavy atom. The first-order valence-corrected chi connectivity index (χ1v) is 7.72. The van der Waals surface area contributed by atoms with Gasteiger partial charge in [-0.05, 0) is 0 Å². The van der Waals surface area contributed by atoms with Gasteiger partial charge in [0.25, 0.3) is 0 Å². The van der Waals surface area contributed by atoms with Crippen LogP contribution in [0.3, 0.4) is 0 Å². The summed E-state index contributed by atoms with van der Waals surface area (Å²) in [4.78, 5) is 0. The second-order valence-electron chi connectivity index (χ2n) is 0. The van der Waals surface area contributed by atoms with Gasteiger partial charge in [0, 0.05) is 0 Å². The molecule has 21 valence electrons. The summed E-state index contributed by atoms with van der Waals surface area (Å²) < 4.78 is 0. The fraction of sp³-hybridized carbons (Fsp3) is 0. The van der Waals surface area contributed by atoms with Gasteiger partial charge in [0.15, 0.2) is 0 Å². The van der Waals surface area contributed by atoms with Crippen molar-refractivity contribution in [3.05, 3.63) is 0 Å². The summed E-state index contributed by atoms with van der Waals surface area (Å²) in [7, 11) is 8.15. The summed E-state index contributed by atoms with van der Waals surface area (Å²) in [5.41, 5.74) is 0. The van der Waals surface area contributed by atoms with Gasteiger partial charge in [-0.3, -0.25) is 0 Å². The van der Waals surface area contributed by atoms with Gasteiger partial charge in [-0.1, -0.05) is 0 Å². The summed E-state index contributed by atoms with van der Waals surface area (Å²) in [6, 6.07) is 0. The molecule has 0 unspecified atom stereocenters. The topological polar surface area (TPSA) is 0 Å². The molecule has 0 bridgehead atoms. The molecule has 0 aliphatic carbocycles. The summed E-state index contributed by atoms with van der Waals surface area (Å²) in [5.74, 6) is 0. The third-order valence-corrected chi connectivity index (χ3v) is 0. The zero-order chi connectivity index (χ0) is 4.00. The number of hydrogen-bond donors (Lipinski definition) is 0. The van der Waals surface area contributed by atoms with Gasteiger partial charge in [-0.15, -0.1) is 0 Å². The Balaban J connectivity index is 0. The van der Waals surface area contributed by atoms with Gasteiger partial charge in [0.05, 0.1) is 0 Å². The van der Waals surface area contributed by atoms with Crippen LogP contribution < -0.4 is 0 Å². The predicted molar refractivity (Wildman–Crippen MR) is 15.2 cm³/mol. The zero-order valence-electron chi connectivity index (χ0n) is 1.90. The molecule has 0 aromatic rings. The van der Waals surface area contributed by atoms with Gasteiger partial charge >= 0.3 is 57.3 Å². The summed E-state index contributed by atoms with van der Waals surface area (Å²) >= 11 is 3.25. The third kappa shape index (κ3) is 9.10. The van der Waals surface area contributed by atoms with E-state index in [2.05, 4.69) is 33.6 Å². The van der Waals surface area contributed by atoms with E-state index >= 15 is 0 Å². The molecule has 0 heterocycles. The minimum absolute atomic E-state index is 0.733. The Kier molecular flexibility index (Phi) is 48.3. The van der Waals surface area contributed by atoms with Crippen LogP contribution in [0.4, 0.5) is 0 Å². The predicted octanol–water partition coefficient (Wildman–Crippen LogP) is 1.29. The summed E-state index contributed by atoms with van der Waals surface area (Å²) in [5, 5.41) is 0. The van der Waals surface area contributed by atoms with Crippen LogP contribution >= 0.6 is 19.2 Å². The van der Waals surface area contributed by atoms with Crippen LogP contribution in [0.15, 0.2) is 0 Å². The fourth-order valence-electron chi connectivity index (χ4n) is 0.